The SMILES string of the molecule is Cc1ccc(Cn2nc(C)c(NC(=O)c3ccc([N+](=O)[O-])cc3)c2C)cc1. The van der Waals surface area contributed by atoms with E-state index in [1.165, 1.54) is 29.8 Å². The van der Waals surface area contributed by atoms with Crippen LogP contribution in [0.4, 0.5) is 11.4 Å². The Morgan fingerprint density at radius 3 is 2.30 bits per heavy atom. The zero-order valence-electron chi connectivity index (χ0n) is 15.4. The minimum absolute atomic E-state index is 0.0511. The second-order valence-corrected chi connectivity index (χ2v) is 6.45. The van der Waals surface area contributed by atoms with Gasteiger partial charge in [0.2, 0.25) is 0 Å². The monoisotopic (exact) mass is 364 g/mol. The molecule has 138 valence electrons. The van der Waals surface area contributed by atoms with Gasteiger partial charge in [-0.2, -0.15) is 5.10 Å². The van der Waals surface area contributed by atoms with Crippen LogP contribution in [0.25, 0.3) is 0 Å². The maximum Gasteiger partial charge on any atom is 0.269 e. The van der Waals surface area contributed by atoms with E-state index in [9.17, 15) is 14.9 Å². The van der Waals surface area contributed by atoms with Gasteiger partial charge in [-0.25, -0.2) is 0 Å². The van der Waals surface area contributed by atoms with Crippen LogP contribution in [0, 0.1) is 30.9 Å². The number of hydrogen-bond donors (Lipinski definition) is 1. The lowest BCUT2D eigenvalue weighted by Gasteiger charge is -2.08. The minimum atomic E-state index is -0.495. The zero-order valence-corrected chi connectivity index (χ0v) is 15.4. The topological polar surface area (TPSA) is 90.1 Å². The Balaban J connectivity index is 1.78. The summed E-state index contributed by atoms with van der Waals surface area (Å²) < 4.78 is 1.85. The first kappa shape index (κ1) is 18.3. The summed E-state index contributed by atoms with van der Waals surface area (Å²) in [5.74, 6) is -0.328. The standard InChI is InChI=1S/C20H20N4O3/c1-13-4-6-16(7-5-13)12-23-15(3)19(14(2)22-23)21-20(25)17-8-10-18(11-9-17)24(26)27/h4-11H,12H2,1-3H3,(H,21,25). The third kappa shape index (κ3) is 4.03. The minimum Gasteiger partial charge on any atom is -0.319 e. The van der Waals surface area contributed by atoms with Crippen LogP contribution in [0.5, 0.6) is 0 Å². The maximum atomic E-state index is 12.5. The molecule has 0 saturated carbocycles. The fraction of sp³-hybridized carbons (Fsp3) is 0.200. The first-order valence-corrected chi connectivity index (χ1v) is 8.50. The molecule has 1 N–H and O–H groups in total. The molecule has 2 aromatic carbocycles. The van der Waals surface area contributed by atoms with Gasteiger partial charge in [-0.3, -0.25) is 19.6 Å². The molecule has 7 heteroatoms. The van der Waals surface area contributed by atoms with E-state index in [1.807, 2.05) is 25.5 Å². The van der Waals surface area contributed by atoms with E-state index in [0.29, 0.717) is 17.8 Å². The molecule has 0 bridgehead atoms. The van der Waals surface area contributed by atoms with Gasteiger partial charge in [-0.15, -0.1) is 0 Å². The molecule has 7 nitrogen and oxygen atoms in total. The molecule has 0 unspecified atom stereocenters. The quantitative estimate of drug-likeness (QED) is 0.547. The summed E-state index contributed by atoms with van der Waals surface area (Å²) in [6, 6.07) is 13.7. The van der Waals surface area contributed by atoms with Gasteiger partial charge in [0, 0.05) is 17.7 Å². The van der Waals surface area contributed by atoms with E-state index >= 15 is 0 Å². The van der Waals surface area contributed by atoms with Gasteiger partial charge in [0.1, 0.15) is 0 Å². The van der Waals surface area contributed by atoms with Gasteiger partial charge in [0.15, 0.2) is 0 Å². The number of nitrogens with one attached hydrogen (secondary N) is 1. The number of nitrogens with zero attached hydrogens (tertiary/aromatic N) is 3. The highest BCUT2D eigenvalue weighted by molar-refractivity contribution is 6.05. The second-order valence-electron chi connectivity index (χ2n) is 6.45. The van der Waals surface area contributed by atoms with Crippen molar-refractivity contribution in [2.24, 2.45) is 0 Å². The van der Waals surface area contributed by atoms with E-state index in [4.69, 9.17) is 0 Å². The Morgan fingerprint density at radius 1 is 1.07 bits per heavy atom. The van der Waals surface area contributed by atoms with Crippen LogP contribution in [0.2, 0.25) is 0 Å². The number of nitro groups is 1. The normalized spacial score (nSPS) is 10.6. The van der Waals surface area contributed by atoms with Crippen LogP contribution in [-0.2, 0) is 6.54 Å². The number of anilines is 1. The lowest BCUT2D eigenvalue weighted by Crippen LogP contribution is -2.13. The molecule has 1 aromatic heterocycles. The number of nitro benzene ring substituents is 1. The number of benzene rings is 2. The van der Waals surface area contributed by atoms with Gasteiger partial charge in [0.05, 0.1) is 28.5 Å². The molecule has 0 atom stereocenters. The Labute approximate surface area is 156 Å². The van der Waals surface area contributed by atoms with Crippen LogP contribution < -0.4 is 5.32 Å². The van der Waals surface area contributed by atoms with Crippen molar-refractivity contribution in [2.45, 2.75) is 27.3 Å². The Kier molecular flexibility index (Phi) is 5.03. The van der Waals surface area contributed by atoms with Crippen molar-refractivity contribution in [1.82, 2.24) is 9.78 Å². The van der Waals surface area contributed by atoms with E-state index in [-0.39, 0.29) is 11.6 Å². The molecule has 3 rings (SSSR count). The number of carbonyl (C=O) groups excluding carboxylic acids is 1. The van der Waals surface area contributed by atoms with E-state index < -0.39 is 4.92 Å². The molecule has 0 saturated heterocycles. The second kappa shape index (κ2) is 7.41. The van der Waals surface area contributed by atoms with Crippen LogP contribution in [0.3, 0.4) is 0 Å². The predicted molar refractivity (Wildman–Crippen MR) is 103 cm³/mol. The molecule has 0 spiro atoms. The highest BCUT2D eigenvalue weighted by Gasteiger charge is 2.16. The summed E-state index contributed by atoms with van der Waals surface area (Å²) in [5.41, 5.74) is 4.85. The molecule has 1 amide bonds. The largest absolute Gasteiger partial charge is 0.319 e. The van der Waals surface area contributed by atoms with Gasteiger partial charge < -0.3 is 5.32 Å². The highest BCUT2D eigenvalue weighted by Crippen LogP contribution is 2.22. The third-order valence-corrected chi connectivity index (χ3v) is 4.41. The van der Waals surface area contributed by atoms with Crippen LogP contribution in [0.15, 0.2) is 48.5 Å². The van der Waals surface area contributed by atoms with E-state index in [2.05, 4.69) is 34.7 Å². The van der Waals surface area contributed by atoms with E-state index in [0.717, 1.165) is 17.0 Å². The van der Waals surface area contributed by atoms with Gasteiger partial charge >= 0.3 is 0 Å². The number of rotatable bonds is 5. The summed E-state index contributed by atoms with van der Waals surface area (Å²) >= 11 is 0. The van der Waals surface area contributed by atoms with Gasteiger partial charge in [-0.05, 0) is 38.5 Å². The number of non-ortho nitro benzene ring substituents is 1. The van der Waals surface area contributed by atoms with Crippen molar-refractivity contribution in [3.63, 3.8) is 0 Å². The number of hydrogen-bond acceptors (Lipinski definition) is 4. The van der Waals surface area contributed by atoms with Crippen molar-refractivity contribution < 1.29 is 9.72 Å². The number of carbonyl (C=O) groups is 1. The van der Waals surface area contributed by atoms with Crippen molar-refractivity contribution in [3.8, 4) is 0 Å². The summed E-state index contributed by atoms with van der Waals surface area (Å²) in [4.78, 5) is 22.7. The smallest absolute Gasteiger partial charge is 0.269 e. The van der Waals surface area contributed by atoms with Crippen molar-refractivity contribution >= 4 is 17.3 Å². The molecule has 1 heterocycles. The van der Waals surface area contributed by atoms with Crippen LogP contribution in [-0.4, -0.2) is 20.6 Å². The first-order valence-electron chi connectivity index (χ1n) is 8.50. The summed E-state index contributed by atoms with van der Waals surface area (Å²) in [6.45, 7) is 6.39. The van der Waals surface area contributed by atoms with Crippen LogP contribution >= 0.6 is 0 Å². The lowest BCUT2D eigenvalue weighted by molar-refractivity contribution is -0.384. The molecule has 0 aliphatic carbocycles. The van der Waals surface area contributed by atoms with Crippen LogP contribution in [0.1, 0.15) is 32.9 Å². The molecule has 3 aromatic rings. The first-order chi connectivity index (χ1) is 12.8. The van der Waals surface area contributed by atoms with Crippen molar-refractivity contribution in [3.05, 3.63) is 86.7 Å². The molecular formula is C20H20N4O3. The molecule has 0 aliphatic heterocycles. The fourth-order valence-electron chi connectivity index (χ4n) is 2.82. The maximum absolute atomic E-state index is 12.5. The molecular weight excluding hydrogens is 344 g/mol. The van der Waals surface area contributed by atoms with Crippen molar-refractivity contribution in [2.75, 3.05) is 5.32 Å². The predicted octanol–water partition coefficient (Wildman–Crippen LogP) is 4.02. The van der Waals surface area contributed by atoms with E-state index in [1.54, 1.807) is 0 Å². The van der Waals surface area contributed by atoms with Gasteiger partial charge in [-0.1, -0.05) is 29.8 Å². The average Bonchev–Trinajstić information content (AvgIpc) is 2.91. The number of aryl methyl sites for hydroxylation is 2. The Bertz CT molecular complexity index is 989. The molecule has 0 aliphatic rings. The average molecular weight is 364 g/mol. The molecule has 0 radical (unpaired) electrons. The Hall–Kier alpha value is -3.48. The zero-order chi connectivity index (χ0) is 19.6. The molecule has 0 fully saturated rings. The summed E-state index contributed by atoms with van der Waals surface area (Å²) in [5, 5.41) is 18.1. The summed E-state index contributed by atoms with van der Waals surface area (Å²) in [7, 11) is 0. The highest BCUT2D eigenvalue weighted by atomic mass is 16.6. The molecule has 27 heavy (non-hydrogen) atoms. The summed E-state index contributed by atoms with van der Waals surface area (Å²) in [6.07, 6.45) is 0. The van der Waals surface area contributed by atoms with Gasteiger partial charge in [0.25, 0.3) is 11.6 Å². The fourth-order valence-corrected chi connectivity index (χ4v) is 2.82. The lowest BCUT2D eigenvalue weighted by atomic mass is 10.1. The number of amides is 1. The number of aromatic nitrogens is 2. The van der Waals surface area contributed by atoms with Crippen molar-refractivity contribution in [1.29, 1.82) is 0 Å². The third-order valence-electron chi connectivity index (χ3n) is 4.41. The Morgan fingerprint density at radius 2 is 1.70 bits per heavy atom.